The standard InChI is InChI=1S/C31H47N3O2/c1-5-28(34-23-9-8-22(18-32)33-19-23)27-12-11-25-24-10-7-21-17-31(35,20-36-6-2)16-15-29(21,3)26(24)13-14-30(25,27)4/h8-9,19,21,24-28,34-35H,5-7,10-17,20H2,1-4H3/t21-,24+,25+,26+,27-,28-,29+,30+,31-/m1/s1. The van der Waals surface area contributed by atoms with Crippen LogP contribution in [0.5, 0.6) is 0 Å². The maximum Gasteiger partial charge on any atom is 0.140 e. The minimum Gasteiger partial charge on any atom is -0.387 e. The van der Waals surface area contributed by atoms with Crippen LogP contribution in [-0.2, 0) is 4.74 Å². The molecule has 4 saturated carbocycles. The van der Waals surface area contributed by atoms with Crippen molar-refractivity contribution in [2.24, 2.45) is 40.4 Å². The molecule has 0 radical (unpaired) electrons. The molecule has 5 nitrogen and oxygen atoms in total. The molecular weight excluding hydrogens is 446 g/mol. The predicted molar refractivity (Wildman–Crippen MR) is 143 cm³/mol. The van der Waals surface area contributed by atoms with E-state index < -0.39 is 5.60 Å². The van der Waals surface area contributed by atoms with Crippen LogP contribution in [0.25, 0.3) is 0 Å². The molecule has 4 aliphatic carbocycles. The molecule has 0 saturated heterocycles. The maximum atomic E-state index is 11.3. The fourth-order valence-corrected chi connectivity index (χ4v) is 9.69. The molecule has 0 aliphatic heterocycles. The highest BCUT2D eigenvalue weighted by molar-refractivity contribution is 5.44. The molecule has 4 aliphatic rings. The molecule has 1 heterocycles. The van der Waals surface area contributed by atoms with E-state index in [1.54, 1.807) is 0 Å². The lowest BCUT2D eigenvalue weighted by Gasteiger charge is -2.62. The number of ether oxygens (including phenoxy) is 1. The van der Waals surface area contributed by atoms with Crippen molar-refractivity contribution in [2.45, 2.75) is 104 Å². The number of hydrogen-bond acceptors (Lipinski definition) is 5. The first kappa shape index (κ1) is 26.0. The van der Waals surface area contributed by atoms with Crippen molar-refractivity contribution in [3.63, 3.8) is 0 Å². The van der Waals surface area contributed by atoms with E-state index in [1.807, 2.05) is 25.3 Å². The van der Waals surface area contributed by atoms with Crippen LogP contribution in [0.4, 0.5) is 5.69 Å². The van der Waals surface area contributed by atoms with Gasteiger partial charge >= 0.3 is 0 Å². The summed E-state index contributed by atoms with van der Waals surface area (Å²) in [4.78, 5) is 4.29. The Morgan fingerprint density at radius 2 is 1.89 bits per heavy atom. The molecule has 5 heteroatoms. The lowest BCUT2D eigenvalue weighted by molar-refractivity contribution is -0.165. The van der Waals surface area contributed by atoms with Crippen LogP contribution in [0.1, 0.15) is 97.6 Å². The highest BCUT2D eigenvalue weighted by atomic mass is 16.5. The molecule has 9 atom stereocenters. The van der Waals surface area contributed by atoms with E-state index in [2.05, 4.69) is 37.1 Å². The molecule has 1 aromatic rings. The fraction of sp³-hybridized carbons (Fsp3) is 0.806. The van der Waals surface area contributed by atoms with Gasteiger partial charge in [-0.15, -0.1) is 0 Å². The Bertz CT molecular complexity index is 960. The molecule has 0 aromatic carbocycles. The van der Waals surface area contributed by atoms with E-state index in [4.69, 9.17) is 10.00 Å². The largest absolute Gasteiger partial charge is 0.387 e. The van der Waals surface area contributed by atoms with Crippen molar-refractivity contribution < 1.29 is 9.84 Å². The molecular formula is C31H47N3O2. The van der Waals surface area contributed by atoms with Gasteiger partial charge in [0.15, 0.2) is 0 Å². The molecule has 36 heavy (non-hydrogen) atoms. The summed E-state index contributed by atoms with van der Waals surface area (Å²) in [7, 11) is 0. The van der Waals surface area contributed by atoms with Gasteiger partial charge in [-0.2, -0.15) is 5.26 Å². The minimum absolute atomic E-state index is 0.372. The summed E-state index contributed by atoms with van der Waals surface area (Å²) in [5.74, 6) is 3.77. The predicted octanol–water partition coefficient (Wildman–Crippen LogP) is 6.57. The van der Waals surface area contributed by atoms with E-state index in [-0.39, 0.29) is 0 Å². The monoisotopic (exact) mass is 493 g/mol. The molecule has 4 fully saturated rings. The number of anilines is 1. The molecule has 0 bridgehead atoms. The summed E-state index contributed by atoms with van der Waals surface area (Å²) in [6, 6.07) is 6.40. The molecule has 1 aromatic heterocycles. The highest BCUT2D eigenvalue weighted by Gasteiger charge is 2.61. The molecule has 198 valence electrons. The van der Waals surface area contributed by atoms with Gasteiger partial charge < -0.3 is 15.2 Å². The molecule has 2 N–H and O–H groups in total. The average molecular weight is 494 g/mol. The third kappa shape index (κ3) is 4.37. The number of fused-ring (bicyclic) bond motifs is 5. The fourth-order valence-electron chi connectivity index (χ4n) is 9.69. The maximum absolute atomic E-state index is 11.3. The topological polar surface area (TPSA) is 78.2 Å². The summed E-state index contributed by atoms with van der Waals surface area (Å²) in [5.41, 5.74) is 1.66. The van der Waals surface area contributed by atoms with Gasteiger partial charge in [0.25, 0.3) is 0 Å². The molecule has 5 rings (SSSR count). The minimum atomic E-state index is -0.616. The Morgan fingerprint density at radius 1 is 1.08 bits per heavy atom. The summed E-state index contributed by atoms with van der Waals surface area (Å²) in [6.07, 6.45) is 13.9. The number of nitrogens with one attached hydrogen (secondary N) is 1. The Kier molecular flexibility index (Phi) is 7.16. The third-order valence-electron chi connectivity index (χ3n) is 11.6. The van der Waals surface area contributed by atoms with E-state index in [0.29, 0.717) is 47.6 Å². The number of aromatic nitrogens is 1. The second kappa shape index (κ2) is 9.91. The zero-order chi connectivity index (χ0) is 25.6. The van der Waals surface area contributed by atoms with E-state index in [9.17, 15) is 5.11 Å². The van der Waals surface area contributed by atoms with Gasteiger partial charge in [0, 0.05) is 12.6 Å². The summed E-state index contributed by atoms with van der Waals surface area (Å²) in [6.45, 7) is 10.7. The van der Waals surface area contributed by atoms with Crippen molar-refractivity contribution >= 4 is 5.69 Å². The van der Waals surface area contributed by atoms with Gasteiger partial charge in [0.05, 0.1) is 24.1 Å². The van der Waals surface area contributed by atoms with Gasteiger partial charge in [-0.05, 0) is 124 Å². The van der Waals surface area contributed by atoms with Gasteiger partial charge in [0.2, 0.25) is 0 Å². The highest BCUT2D eigenvalue weighted by Crippen LogP contribution is 2.68. The number of pyridine rings is 1. The third-order valence-corrected chi connectivity index (χ3v) is 11.6. The SMILES string of the molecule is CCOC[C@@]1(O)CC[C@@]2(C)[C@H](CC[C@@H]3[C@@H]2CC[C@]2(C)[C@@H]([C@@H](CC)Nc4ccc(C#N)nc4)CC[C@@H]32)C1. The summed E-state index contributed by atoms with van der Waals surface area (Å²) >= 11 is 0. The second-order valence-corrected chi connectivity index (χ2v) is 13.2. The Hall–Kier alpha value is -1.64. The van der Waals surface area contributed by atoms with E-state index in [1.165, 1.54) is 38.5 Å². The Morgan fingerprint density at radius 3 is 2.58 bits per heavy atom. The molecule has 0 unspecified atom stereocenters. The van der Waals surface area contributed by atoms with Crippen LogP contribution >= 0.6 is 0 Å². The van der Waals surface area contributed by atoms with Gasteiger partial charge in [-0.1, -0.05) is 20.8 Å². The van der Waals surface area contributed by atoms with Crippen molar-refractivity contribution in [1.82, 2.24) is 4.98 Å². The van der Waals surface area contributed by atoms with Crippen LogP contribution in [-0.4, -0.2) is 34.9 Å². The Balaban J connectivity index is 1.30. The second-order valence-electron chi connectivity index (χ2n) is 13.2. The summed E-state index contributed by atoms with van der Waals surface area (Å²) in [5, 5.41) is 24.2. The van der Waals surface area contributed by atoms with Crippen LogP contribution in [0.2, 0.25) is 0 Å². The summed E-state index contributed by atoms with van der Waals surface area (Å²) < 4.78 is 5.69. The normalized spacial score (nSPS) is 42.5. The van der Waals surface area contributed by atoms with Crippen LogP contribution < -0.4 is 5.32 Å². The lowest BCUT2D eigenvalue weighted by atomic mass is 9.43. The van der Waals surface area contributed by atoms with E-state index >= 15 is 0 Å². The lowest BCUT2D eigenvalue weighted by Crippen LogP contribution is -2.57. The van der Waals surface area contributed by atoms with Crippen LogP contribution in [0, 0.1) is 51.8 Å². The molecule has 0 spiro atoms. The molecule has 0 amide bonds. The van der Waals surface area contributed by atoms with E-state index in [0.717, 1.165) is 49.1 Å². The first-order valence-corrected chi connectivity index (χ1v) is 14.7. The van der Waals surface area contributed by atoms with Crippen molar-refractivity contribution in [1.29, 1.82) is 5.26 Å². The Labute approximate surface area is 218 Å². The number of nitrogens with zero attached hydrogens (tertiary/aromatic N) is 2. The van der Waals surface area contributed by atoms with Crippen molar-refractivity contribution in [3.05, 3.63) is 24.0 Å². The van der Waals surface area contributed by atoms with Crippen LogP contribution in [0.3, 0.4) is 0 Å². The van der Waals surface area contributed by atoms with Gasteiger partial charge in [-0.25, -0.2) is 4.98 Å². The van der Waals surface area contributed by atoms with Crippen LogP contribution in [0.15, 0.2) is 18.3 Å². The number of aliphatic hydroxyl groups is 1. The number of hydrogen-bond donors (Lipinski definition) is 2. The van der Waals surface area contributed by atoms with Crippen molar-refractivity contribution in [2.75, 3.05) is 18.5 Å². The number of rotatable bonds is 7. The van der Waals surface area contributed by atoms with Crippen molar-refractivity contribution in [3.8, 4) is 6.07 Å². The zero-order valence-electron chi connectivity index (χ0n) is 22.9. The first-order valence-electron chi connectivity index (χ1n) is 14.7. The van der Waals surface area contributed by atoms with Gasteiger partial charge in [-0.3, -0.25) is 0 Å². The first-order chi connectivity index (χ1) is 17.3. The van der Waals surface area contributed by atoms with Gasteiger partial charge in [0.1, 0.15) is 11.8 Å². The zero-order valence-corrected chi connectivity index (χ0v) is 22.9. The average Bonchev–Trinajstić information content (AvgIpc) is 3.24. The number of nitriles is 1. The quantitative estimate of drug-likeness (QED) is 0.449. The smallest absolute Gasteiger partial charge is 0.140 e.